The van der Waals surface area contributed by atoms with Crippen LogP contribution in [0.5, 0.6) is 0 Å². The number of hydrogen-bond acceptors (Lipinski definition) is 4. The summed E-state index contributed by atoms with van der Waals surface area (Å²) < 4.78 is 28.0. The van der Waals surface area contributed by atoms with Crippen molar-refractivity contribution in [3.05, 3.63) is 54.4 Å². The predicted molar refractivity (Wildman–Crippen MR) is 112 cm³/mol. The zero-order chi connectivity index (χ0) is 20.0. The third-order valence-corrected chi connectivity index (χ3v) is 7.19. The molecule has 1 aromatic carbocycles. The standard InChI is InChI=1S/C19H23BrN4O3S/c20-17-5-1-2-6-18(17)24-28(26,27)16-9-7-15(8-10-16)23-19(25)22-13-14-4-3-11-21-12-14/h3-4,7-12,17-18,24H,1-2,5-6,13H2,(H2,22,23,25). The number of urea groups is 1. The van der Waals surface area contributed by atoms with Crippen LogP contribution in [0.3, 0.4) is 0 Å². The van der Waals surface area contributed by atoms with E-state index in [0.29, 0.717) is 12.2 Å². The average molecular weight is 467 g/mol. The molecule has 1 aliphatic carbocycles. The van der Waals surface area contributed by atoms with E-state index in [-0.39, 0.29) is 21.8 Å². The summed E-state index contributed by atoms with van der Waals surface area (Å²) in [7, 11) is -3.60. The van der Waals surface area contributed by atoms with E-state index >= 15 is 0 Å². The molecule has 1 aromatic heterocycles. The number of hydrogen-bond donors (Lipinski definition) is 3. The zero-order valence-corrected chi connectivity index (χ0v) is 17.7. The number of nitrogens with zero attached hydrogens (tertiary/aromatic N) is 1. The van der Waals surface area contributed by atoms with Gasteiger partial charge in [0.25, 0.3) is 0 Å². The van der Waals surface area contributed by atoms with E-state index in [0.717, 1.165) is 31.2 Å². The summed E-state index contributed by atoms with van der Waals surface area (Å²) in [5.74, 6) is 0. The molecule has 150 valence electrons. The molecule has 7 nitrogen and oxygen atoms in total. The highest BCUT2D eigenvalue weighted by atomic mass is 79.9. The van der Waals surface area contributed by atoms with Gasteiger partial charge in [-0.3, -0.25) is 4.98 Å². The number of halogens is 1. The summed E-state index contributed by atoms with van der Waals surface area (Å²) in [6.07, 6.45) is 7.26. The summed E-state index contributed by atoms with van der Waals surface area (Å²) in [6, 6.07) is 9.32. The molecule has 3 rings (SSSR count). The zero-order valence-electron chi connectivity index (χ0n) is 15.3. The number of benzene rings is 1. The first-order valence-electron chi connectivity index (χ1n) is 9.14. The van der Waals surface area contributed by atoms with Crippen molar-refractivity contribution in [2.45, 2.75) is 48.0 Å². The van der Waals surface area contributed by atoms with Crippen molar-refractivity contribution in [2.75, 3.05) is 5.32 Å². The van der Waals surface area contributed by atoms with Gasteiger partial charge in [-0.05, 0) is 48.7 Å². The molecular formula is C19H23BrN4O3S. The lowest BCUT2D eigenvalue weighted by Crippen LogP contribution is -2.42. The second kappa shape index (κ2) is 9.49. The largest absolute Gasteiger partial charge is 0.334 e. The number of carbonyl (C=O) groups is 1. The average Bonchev–Trinajstić information content (AvgIpc) is 2.69. The van der Waals surface area contributed by atoms with E-state index in [1.165, 1.54) is 12.1 Å². The Morgan fingerprint density at radius 1 is 1.14 bits per heavy atom. The highest BCUT2D eigenvalue weighted by molar-refractivity contribution is 9.09. The van der Waals surface area contributed by atoms with Crippen LogP contribution in [0.4, 0.5) is 10.5 Å². The van der Waals surface area contributed by atoms with Crippen LogP contribution in [0, 0.1) is 0 Å². The second-order valence-electron chi connectivity index (χ2n) is 6.72. The SMILES string of the molecule is O=C(NCc1cccnc1)Nc1ccc(S(=O)(=O)NC2CCCCC2Br)cc1. The van der Waals surface area contributed by atoms with Gasteiger partial charge in [-0.1, -0.05) is 34.8 Å². The van der Waals surface area contributed by atoms with Crippen LogP contribution in [-0.2, 0) is 16.6 Å². The van der Waals surface area contributed by atoms with Crippen LogP contribution in [0.1, 0.15) is 31.2 Å². The summed E-state index contributed by atoms with van der Waals surface area (Å²) in [4.78, 5) is 16.3. The summed E-state index contributed by atoms with van der Waals surface area (Å²) in [5, 5.41) is 5.41. The van der Waals surface area contributed by atoms with Gasteiger partial charge in [0, 0.05) is 35.5 Å². The Kier molecular flexibility index (Phi) is 7.03. The smallest absolute Gasteiger partial charge is 0.319 e. The fourth-order valence-electron chi connectivity index (χ4n) is 3.06. The fourth-order valence-corrected chi connectivity index (χ4v) is 5.27. The molecule has 1 heterocycles. The Morgan fingerprint density at radius 2 is 1.89 bits per heavy atom. The molecule has 0 saturated heterocycles. The number of amides is 2. The molecule has 28 heavy (non-hydrogen) atoms. The number of rotatable bonds is 6. The highest BCUT2D eigenvalue weighted by Crippen LogP contribution is 2.26. The number of carbonyl (C=O) groups excluding carboxylic acids is 1. The molecule has 2 aromatic rings. The Morgan fingerprint density at radius 3 is 2.57 bits per heavy atom. The Labute approximate surface area is 173 Å². The van der Waals surface area contributed by atoms with Gasteiger partial charge in [-0.25, -0.2) is 17.9 Å². The van der Waals surface area contributed by atoms with Gasteiger partial charge in [-0.15, -0.1) is 0 Å². The van der Waals surface area contributed by atoms with Crippen LogP contribution in [0.25, 0.3) is 0 Å². The van der Waals surface area contributed by atoms with E-state index in [9.17, 15) is 13.2 Å². The number of anilines is 1. The van der Waals surface area contributed by atoms with Crippen LogP contribution in [0.15, 0.2) is 53.7 Å². The summed E-state index contributed by atoms with van der Waals surface area (Å²) >= 11 is 3.56. The lowest BCUT2D eigenvalue weighted by Gasteiger charge is -2.27. The Hall–Kier alpha value is -1.97. The maximum absolute atomic E-state index is 12.6. The monoisotopic (exact) mass is 466 g/mol. The lowest BCUT2D eigenvalue weighted by molar-refractivity contribution is 0.251. The minimum absolute atomic E-state index is 0.102. The van der Waals surface area contributed by atoms with Crippen molar-refractivity contribution >= 4 is 37.7 Å². The van der Waals surface area contributed by atoms with E-state index in [1.54, 1.807) is 30.6 Å². The minimum Gasteiger partial charge on any atom is -0.334 e. The number of nitrogens with one attached hydrogen (secondary N) is 3. The second-order valence-corrected chi connectivity index (χ2v) is 9.61. The van der Waals surface area contributed by atoms with Crippen molar-refractivity contribution in [3.8, 4) is 0 Å². The molecule has 3 N–H and O–H groups in total. The number of aromatic nitrogens is 1. The van der Waals surface area contributed by atoms with Crippen molar-refractivity contribution in [3.63, 3.8) is 0 Å². The van der Waals surface area contributed by atoms with Crippen molar-refractivity contribution in [2.24, 2.45) is 0 Å². The molecule has 1 aliphatic rings. The third-order valence-electron chi connectivity index (χ3n) is 4.59. The van der Waals surface area contributed by atoms with E-state index in [2.05, 4.69) is 36.3 Å². The van der Waals surface area contributed by atoms with Crippen molar-refractivity contribution in [1.82, 2.24) is 15.0 Å². The first-order valence-corrected chi connectivity index (χ1v) is 11.5. The quantitative estimate of drug-likeness (QED) is 0.567. The topological polar surface area (TPSA) is 100 Å². The molecule has 2 atom stereocenters. The summed E-state index contributed by atoms with van der Waals surface area (Å²) in [6.45, 7) is 0.352. The van der Waals surface area contributed by atoms with Crippen molar-refractivity contribution < 1.29 is 13.2 Å². The van der Waals surface area contributed by atoms with Gasteiger partial charge in [0.05, 0.1) is 4.90 Å². The first kappa shape index (κ1) is 20.8. The fraction of sp³-hybridized carbons (Fsp3) is 0.368. The van der Waals surface area contributed by atoms with E-state index in [1.807, 2.05) is 6.07 Å². The van der Waals surface area contributed by atoms with Gasteiger partial charge in [0.15, 0.2) is 0 Å². The molecule has 9 heteroatoms. The van der Waals surface area contributed by atoms with Crippen LogP contribution >= 0.6 is 15.9 Å². The molecule has 2 unspecified atom stereocenters. The molecule has 1 saturated carbocycles. The molecule has 0 spiro atoms. The Bertz CT molecular complexity index is 891. The van der Waals surface area contributed by atoms with Gasteiger partial charge in [0.1, 0.15) is 0 Å². The normalized spacial score (nSPS) is 19.8. The minimum atomic E-state index is -3.60. The van der Waals surface area contributed by atoms with Crippen LogP contribution in [-0.4, -0.2) is 30.3 Å². The molecule has 0 aliphatic heterocycles. The number of pyridine rings is 1. The lowest BCUT2D eigenvalue weighted by atomic mass is 9.96. The van der Waals surface area contributed by atoms with Gasteiger partial charge in [-0.2, -0.15) is 0 Å². The number of sulfonamides is 1. The van der Waals surface area contributed by atoms with Gasteiger partial charge >= 0.3 is 6.03 Å². The predicted octanol–water partition coefficient (Wildman–Crippen LogP) is 3.39. The molecule has 0 radical (unpaired) electrons. The van der Waals surface area contributed by atoms with Crippen molar-refractivity contribution in [1.29, 1.82) is 0 Å². The highest BCUT2D eigenvalue weighted by Gasteiger charge is 2.27. The molecular weight excluding hydrogens is 444 g/mol. The van der Waals surface area contributed by atoms with Crippen LogP contribution in [0.2, 0.25) is 0 Å². The molecule has 0 bridgehead atoms. The maximum atomic E-state index is 12.6. The Balaban J connectivity index is 1.55. The third kappa shape index (κ3) is 5.76. The number of alkyl halides is 1. The molecule has 1 fully saturated rings. The van der Waals surface area contributed by atoms with Gasteiger partial charge < -0.3 is 10.6 Å². The van der Waals surface area contributed by atoms with Gasteiger partial charge in [0.2, 0.25) is 10.0 Å². The molecule has 2 amide bonds. The summed E-state index contributed by atoms with van der Waals surface area (Å²) in [5.41, 5.74) is 1.40. The van der Waals surface area contributed by atoms with Crippen LogP contribution < -0.4 is 15.4 Å². The van der Waals surface area contributed by atoms with E-state index < -0.39 is 10.0 Å². The maximum Gasteiger partial charge on any atom is 0.319 e. The first-order chi connectivity index (χ1) is 13.4. The van der Waals surface area contributed by atoms with E-state index in [4.69, 9.17) is 0 Å².